The number of nitrogens with one attached hydrogen (secondary N) is 1. The van der Waals surface area contributed by atoms with E-state index in [0.717, 1.165) is 10.6 Å². The molecule has 1 amide bonds. The molecule has 0 radical (unpaired) electrons. The van der Waals surface area contributed by atoms with Crippen LogP contribution in [-0.4, -0.2) is 68.5 Å². The van der Waals surface area contributed by atoms with E-state index in [4.69, 9.17) is 21.5 Å². The third-order valence-electron chi connectivity index (χ3n) is 4.69. The number of hydrogen-bond donors (Lipinski definition) is 2. The molecule has 0 saturated carbocycles. The van der Waals surface area contributed by atoms with Crippen molar-refractivity contribution in [1.29, 1.82) is 0 Å². The van der Waals surface area contributed by atoms with Crippen LogP contribution in [0.3, 0.4) is 0 Å². The van der Waals surface area contributed by atoms with E-state index in [0.29, 0.717) is 16.4 Å². The van der Waals surface area contributed by atoms with Crippen LogP contribution in [0.5, 0.6) is 5.75 Å². The number of hydrogen-bond acceptors (Lipinski definition) is 7. The molecule has 1 aromatic rings. The van der Waals surface area contributed by atoms with Crippen LogP contribution in [0.2, 0.25) is 0 Å². The van der Waals surface area contributed by atoms with Crippen molar-refractivity contribution in [3.05, 3.63) is 59.4 Å². The lowest BCUT2D eigenvalue weighted by molar-refractivity contribution is -0.134. The van der Waals surface area contributed by atoms with Gasteiger partial charge < -0.3 is 4.74 Å². The van der Waals surface area contributed by atoms with E-state index in [1.165, 1.54) is 30.6 Å². The fraction of sp³-hybridized carbons (Fsp3) is 0.316. The molecular weight excluding hydrogens is 520 g/mol. The summed E-state index contributed by atoms with van der Waals surface area (Å²) in [6.45, 7) is 3.51. The van der Waals surface area contributed by atoms with Crippen molar-refractivity contribution in [1.82, 2.24) is 14.1 Å². The van der Waals surface area contributed by atoms with E-state index in [-0.39, 0.29) is 17.3 Å². The van der Waals surface area contributed by atoms with Crippen LogP contribution in [-0.2, 0) is 24.8 Å². The van der Waals surface area contributed by atoms with E-state index in [2.05, 4.69) is 6.58 Å². The molecule has 0 unspecified atom stereocenters. The lowest BCUT2D eigenvalue weighted by atomic mass is 10.2. The van der Waals surface area contributed by atoms with Crippen molar-refractivity contribution in [3.63, 3.8) is 0 Å². The van der Waals surface area contributed by atoms with Gasteiger partial charge >= 0.3 is 0 Å². The van der Waals surface area contributed by atoms with Gasteiger partial charge in [0.2, 0.25) is 20.0 Å². The number of ether oxygens (including phenoxy) is 1. The van der Waals surface area contributed by atoms with Gasteiger partial charge in [0.15, 0.2) is 17.4 Å². The van der Waals surface area contributed by atoms with Gasteiger partial charge in [-0.15, -0.1) is 0 Å². The number of carbonyl (C=O) groups excluding carboxylic acids is 1. The van der Waals surface area contributed by atoms with Crippen LogP contribution in [0.4, 0.5) is 8.78 Å². The summed E-state index contributed by atoms with van der Waals surface area (Å²) in [6.07, 6.45) is 4.84. The number of halogens is 3. The molecule has 1 saturated heterocycles. The summed E-state index contributed by atoms with van der Waals surface area (Å²) in [6, 6.07) is -0.687. The fourth-order valence-electron chi connectivity index (χ4n) is 3.02. The van der Waals surface area contributed by atoms with Crippen LogP contribution in [0, 0.1) is 11.6 Å². The van der Waals surface area contributed by atoms with E-state index in [1.54, 1.807) is 0 Å². The maximum absolute atomic E-state index is 14.7. The second kappa shape index (κ2) is 10.9. The first-order chi connectivity index (χ1) is 15.7. The van der Waals surface area contributed by atoms with Crippen molar-refractivity contribution in [3.8, 4) is 5.75 Å². The van der Waals surface area contributed by atoms with Crippen molar-refractivity contribution in [2.45, 2.75) is 17.9 Å². The average molecular weight is 542 g/mol. The van der Waals surface area contributed by atoms with Crippen LogP contribution < -0.4 is 10.2 Å². The largest absolute Gasteiger partial charge is 0.452 e. The number of allylic oxidation sites excluding steroid dienone is 4. The molecule has 188 valence electrons. The molecular formula is C19H22ClF2N3O7S2. The summed E-state index contributed by atoms with van der Waals surface area (Å²) in [7, 11) is -8.49. The molecule has 1 heterocycles. The molecule has 1 aliphatic rings. The molecule has 0 aliphatic carbocycles. The first kappa shape index (κ1) is 27.9. The summed E-state index contributed by atoms with van der Waals surface area (Å²) >= 11 is 5.60. The Hall–Kier alpha value is -2.36. The Labute approximate surface area is 200 Å². The minimum atomic E-state index is -4.71. The third kappa shape index (κ3) is 6.40. The SMILES string of the molecule is C=C(Cl)/C=C\C(=C/C)Oc1c(F)cc(S(=O)(=O)N2CCN(S(C)(=O)=O)C[C@@H]2C(=O)NO)cc1F. The molecule has 2 rings (SSSR count). The number of amides is 1. The highest BCUT2D eigenvalue weighted by Gasteiger charge is 2.42. The van der Waals surface area contributed by atoms with Crippen molar-refractivity contribution in [2.75, 3.05) is 25.9 Å². The van der Waals surface area contributed by atoms with Gasteiger partial charge in [-0.25, -0.2) is 31.1 Å². The summed E-state index contributed by atoms with van der Waals surface area (Å²) in [5, 5.41) is 9.12. The molecule has 1 aliphatic heterocycles. The quantitative estimate of drug-likeness (QED) is 0.221. The summed E-state index contributed by atoms with van der Waals surface area (Å²) < 4.78 is 85.8. The lowest BCUT2D eigenvalue weighted by Crippen LogP contribution is -2.60. The minimum Gasteiger partial charge on any atom is -0.452 e. The number of hydroxylamine groups is 1. The average Bonchev–Trinajstić information content (AvgIpc) is 2.76. The molecule has 34 heavy (non-hydrogen) atoms. The fourth-order valence-corrected chi connectivity index (χ4v) is 5.50. The number of nitrogens with zero attached hydrogens (tertiary/aromatic N) is 2. The number of rotatable bonds is 8. The van der Waals surface area contributed by atoms with Crippen LogP contribution in [0.1, 0.15) is 6.92 Å². The third-order valence-corrected chi connectivity index (χ3v) is 7.97. The smallest absolute Gasteiger partial charge is 0.263 e. The Bertz CT molecular complexity index is 1230. The highest BCUT2D eigenvalue weighted by Crippen LogP contribution is 2.30. The molecule has 0 bridgehead atoms. The van der Waals surface area contributed by atoms with Gasteiger partial charge in [-0.2, -0.15) is 8.61 Å². The van der Waals surface area contributed by atoms with Crippen LogP contribution >= 0.6 is 11.6 Å². The standard InChI is InChI=1S/C19H22ClF2N3O7S2/c1-4-13(6-5-12(2)20)32-18-15(21)9-14(10-16(18)22)34(30,31)25-8-7-24(33(3,28)29)11-17(25)19(26)23-27/h4-6,9-10,17,27H,2,7-8,11H2,1,3H3,(H,23,26)/b6-5-,13-4+/t17-/m1/s1. The zero-order valence-corrected chi connectivity index (χ0v) is 20.4. The number of benzene rings is 1. The zero-order valence-electron chi connectivity index (χ0n) is 18.0. The minimum absolute atomic E-state index is 0.00761. The van der Waals surface area contributed by atoms with Gasteiger partial charge in [0.25, 0.3) is 5.91 Å². The first-order valence-corrected chi connectivity index (χ1v) is 13.2. The van der Waals surface area contributed by atoms with Crippen molar-refractivity contribution < 1.29 is 40.4 Å². The van der Waals surface area contributed by atoms with Gasteiger partial charge in [0, 0.05) is 24.7 Å². The maximum atomic E-state index is 14.7. The molecule has 1 aromatic carbocycles. The van der Waals surface area contributed by atoms with Gasteiger partial charge in [-0.05, 0) is 37.3 Å². The molecule has 10 nitrogen and oxygen atoms in total. The molecule has 0 spiro atoms. The number of piperazine rings is 1. The monoisotopic (exact) mass is 541 g/mol. The normalized spacial score (nSPS) is 18.8. The number of carbonyl (C=O) groups is 1. The van der Waals surface area contributed by atoms with E-state index in [9.17, 15) is 30.4 Å². The summed E-state index contributed by atoms with van der Waals surface area (Å²) in [5.74, 6) is -4.82. The molecule has 1 fully saturated rings. The topological polar surface area (TPSA) is 133 Å². The van der Waals surface area contributed by atoms with E-state index < -0.39 is 67.4 Å². The lowest BCUT2D eigenvalue weighted by Gasteiger charge is -2.38. The molecule has 1 atom stereocenters. The zero-order chi connectivity index (χ0) is 25.8. The molecule has 0 aromatic heterocycles. The maximum Gasteiger partial charge on any atom is 0.263 e. The Morgan fingerprint density at radius 1 is 1.24 bits per heavy atom. The Morgan fingerprint density at radius 2 is 1.82 bits per heavy atom. The summed E-state index contributed by atoms with van der Waals surface area (Å²) in [4.78, 5) is 11.3. The van der Waals surface area contributed by atoms with Crippen molar-refractivity contribution >= 4 is 37.6 Å². The second-order valence-electron chi connectivity index (χ2n) is 7.02. The summed E-state index contributed by atoms with van der Waals surface area (Å²) in [5.41, 5.74) is 1.28. The highest BCUT2D eigenvalue weighted by molar-refractivity contribution is 7.89. The van der Waals surface area contributed by atoms with Gasteiger partial charge in [0.05, 0.1) is 11.2 Å². The Balaban J connectivity index is 2.44. The van der Waals surface area contributed by atoms with Gasteiger partial charge in [-0.3, -0.25) is 10.0 Å². The van der Waals surface area contributed by atoms with E-state index in [1.807, 2.05) is 0 Å². The van der Waals surface area contributed by atoms with Gasteiger partial charge in [0.1, 0.15) is 11.8 Å². The van der Waals surface area contributed by atoms with E-state index >= 15 is 0 Å². The highest BCUT2D eigenvalue weighted by atomic mass is 35.5. The molecule has 2 N–H and O–H groups in total. The number of sulfonamides is 2. The van der Waals surface area contributed by atoms with Crippen LogP contribution in [0.25, 0.3) is 0 Å². The van der Waals surface area contributed by atoms with Crippen LogP contribution in [0.15, 0.2) is 52.6 Å². The second-order valence-corrected chi connectivity index (χ2v) is 11.4. The predicted octanol–water partition coefficient (Wildman–Crippen LogP) is 1.70. The van der Waals surface area contributed by atoms with Gasteiger partial charge in [-0.1, -0.05) is 18.2 Å². The molecule has 15 heteroatoms. The Morgan fingerprint density at radius 3 is 2.29 bits per heavy atom. The first-order valence-electron chi connectivity index (χ1n) is 9.49. The Kier molecular flexibility index (Phi) is 8.96. The van der Waals surface area contributed by atoms with Crippen molar-refractivity contribution in [2.24, 2.45) is 0 Å². The predicted molar refractivity (Wildman–Crippen MR) is 119 cm³/mol.